The lowest BCUT2D eigenvalue weighted by atomic mass is 9.83. The molecule has 0 unspecified atom stereocenters. The summed E-state index contributed by atoms with van der Waals surface area (Å²) in [5.41, 5.74) is 5.86. The molecule has 0 aromatic carbocycles. The van der Waals surface area contributed by atoms with E-state index in [-0.39, 0.29) is 11.7 Å². The van der Waals surface area contributed by atoms with Crippen molar-refractivity contribution in [2.75, 3.05) is 0 Å². The molecule has 0 aromatic rings. The van der Waals surface area contributed by atoms with Gasteiger partial charge in [-0.05, 0) is 86.8 Å². The summed E-state index contributed by atoms with van der Waals surface area (Å²) >= 11 is 0. The SMILES string of the molecule is CC.CC1=CC=C(C2=C(F)C=C(C3=C(F)C=C(C)CC3)CC2)CC1. The third kappa shape index (κ3) is 4.23. The molecule has 0 radical (unpaired) electrons. The first kappa shape index (κ1) is 18.6. The third-order valence-electron chi connectivity index (χ3n) is 4.80. The molecule has 24 heavy (non-hydrogen) atoms. The zero-order valence-corrected chi connectivity index (χ0v) is 15.3. The molecule has 0 spiro atoms. The highest BCUT2D eigenvalue weighted by molar-refractivity contribution is 5.50. The molecule has 2 heteroatoms. The molecule has 0 heterocycles. The minimum absolute atomic E-state index is 0.174. The van der Waals surface area contributed by atoms with Crippen LogP contribution >= 0.6 is 0 Å². The van der Waals surface area contributed by atoms with Crippen LogP contribution in [0.2, 0.25) is 0 Å². The minimum atomic E-state index is -0.179. The van der Waals surface area contributed by atoms with Crippen molar-refractivity contribution in [2.24, 2.45) is 0 Å². The second kappa shape index (κ2) is 8.41. The molecule has 0 bridgehead atoms. The number of hydrogen-bond donors (Lipinski definition) is 0. The molecule has 3 rings (SSSR count). The van der Waals surface area contributed by atoms with Gasteiger partial charge in [-0.25, -0.2) is 8.78 Å². The van der Waals surface area contributed by atoms with E-state index in [2.05, 4.69) is 13.0 Å². The van der Waals surface area contributed by atoms with Gasteiger partial charge < -0.3 is 0 Å². The predicted octanol–water partition coefficient (Wildman–Crippen LogP) is 7.59. The van der Waals surface area contributed by atoms with Gasteiger partial charge in [0.2, 0.25) is 0 Å². The Morgan fingerprint density at radius 2 is 1.17 bits per heavy atom. The van der Waals surface area contributed by atoms with E-state index >= 15 is 0 Å². The Morgan fingerprint density at radius 1 is 0.625 bits per heavy atom. The van der Waals surface area contributed by atoms with Crippen LogP contribution < -0.4 is 0 Å². The van der Waals surface area contributed by atoms with Crippen molar-refractivity contribution in [3.63, 3.8) is 0 Å². The van der Waals surface area contributed by atoms with Crippen molar-refractivity contribution in [3.8, 4) is 0 Å². The maximum Gasteiger partial charge on any atom is 0.126 e. The highest BCUT2D eigenvalue weighted by Crippen LogP contribution is 2.39. The zero-order chi connectivity index (χ0) is 17.7. The number of hydrogen-bond acceptors (Lipinski definition) is 0. The summed E-state index contributed by atoms with van der Waals surface area (Å²) in [5.74, 6) is -0.353. The molecule has 0 N–H and O–H groups in total. The summed E-state index contributed by atoms with van der Waals surface area (Å²) in [7, 11) is 0. The predicted molar refractivity (Wildman–Crippen MR) is 99.0 cm³/mol. The van der Waals surface area contributed by atoms with Crippen LogP contribution in [-0.4, -0.2) is 0 Å². The second-order valence-electron chi connectivity index (χ2n) is 6.52. The van der Waals surface area contributed by atoms with Gasteiger partial charge in [0.05, 0.1) is 0 Å². The van der Waals surface area contributed by atoms with E-state index in [4.69, 9.17) is 0 Å². The monoisotopic (exact) mass is 330 g/mol. The normalized spacial score (nSPS) is 21.4. The fourth-order valence-electron chi connectivity index (χ4n) is 3.37. The molecule has 0 saturated heterocycles. The van der Waals surface area contributed by atoms with Crippen LogP contribution in [0.5, 0.6) is 0 Å². The van der Waals surface area contributed by atoms with Crippen molar-refractivity contribution >= 4 is 0 Å². The summed E-state index contributed by atoms with van der Waals surface area (Å²) in [4.78, 5) is 0. The van der Waals surface area contributed by atoms with Gasteiger partial charge >= 0.3 is 0 Å². The van der Waals surface area contributed by atoms with E-state index in [1.54, 1.807) is 12.2 Å². The van der Waals surface area contributed by atoms with Crippen LogP contribution in [-0.2, 0) is 0 Å². The van der Waals surface area contributed by atoms with Gasteiger partial charge in [0.15, 0.2) is 0 Å². The fraction of sp³-hybridized carbons (Fsp3) is 0.455. The van der Waals surface area contributed by atoms with Crippen molar-refractivity contribution in [3.05, 3.63) is 69.4 Å². The third-order valence-corrected chi connectivity index (χ3v) is 4.80. The molecule has 130 valence electrons. The van der Waals surface area contributed by atoms with Crippen LogP contribution in [0.15, 0.2) is 69.4 Å². The van der Waals surface area contributed by atoms with Gasteiger partial charge in [-0.3, -0.25) is 0 Å². The molecular weight excluding hydrogens is 302 g/mol. The van der Waals surface area contributed by atoms with Crippen LogP contribution in [0.1, 0.15) is 66.2 Å². The lowest BCUT2D eigenvalue weighted by Crippen LogP contribution is -2.06. The standard InChI is InChI=1S/C20H22F2.C2H6/c1-13-3-6-15(7-4-13)17-10-8-16(12-20(17)22)18-9-5-14(2)11-19(18)21;1-2/h3,6,11-12H,4-5,7-10H2,1-2H3;1-2H3. The summed E-state index contributed by atoms with van der Waals surface area (Å²) < 4.78 is 28.6. The average Bonchev–Trinajstić information content (AvgIpc) is 2.58. The van der Waals surface area contributed by atoms with Crippen LogP contribution in [0.25, 0.3) is 0 Å². The summed E-state index contributed by atoms with van der Waals surface area (Å²) in [6, 6.07) is 0. The van der Waals surface area contributed by atoms with Crippen LogP contribution in [0, 0.1) is 0 Å². The summed E-state index contributed by atoms with van der Waals surface area (Å²) in [6.45, 7) is 8.04. The first-order valence-electron chi connectivity index (χ1n) is 9.06. The summed E-state index contributed by atoms with van der Waals surface area (Å²) in [5, 5.41) is 0. The topological polar surface area (TPSA) is 0 Å². The Hall–Kier alpha value is -1.70. The Balaban J connectivity index is 0.00000100. The maximum atomic E-state index is 14.5. The summed E-state index contributed by atoms with van der Waals surface area (Å²) in [6.07, 6.45) is 12.2. The Bertz CT molecular complexity index is 679. The van der Waals surface area contributed by atoms with E-state index in [9.17, 15) is 8.78 Å². The van der Waals surface area contributed by atoms with E-state index in [0.29, 0.717) is 18.4 Å². The van der Waals surface area contributed by atoms with E-state index in [1.807, 2.05) is 26.8 Å². The lowest BCUT2D eigenvalue weighted by molar-refractivity contribution is 0.614. The first-order valence-corrected chi connectivity index (χ1v) is 9.06. The van der Waals surface area contributed by atoms with E-state index in [0.717, 1.165) is 48.0 Å². The number of rotatable bonds is 2. The molecule has 0 fully saturated rings. The minimum Gasteiger partial charge on any atom is -0.207 e. The van der Waals surface area contributed by atoms with Crippen molar-refractivity contribution in [1.82, 2.24) is 0 Å². The number of halogens is 2. The molecule has 0 aromatic heterocycles. The van der Waals surface area contributed by atoms with Gasteiger partial charge in [0.1, 0.15) is 11.7 Å². The highest BCUT2D eigenvalue weighted by atomic mass is 19.1. The zero-order valence-electron chi connectivity index (χ0n) is 15.3. The smallest absolute Gasteiger partial charge is 0.126 e. The largest absolute Gasteiger partial charge is 0.207 e. The molecule has 0 amide bonds. The molecular formula is C22H28F2. The van der Waals surface area contributed by atoms with Gasteiger partial charge in [0.25, 0.3) is 0 Å². The molecule has 0 aliphatic heterocycles. The average molecular weight is 330 g/mol. The molecule has 0 saturated carbocycles. The molecule has 0 nitrogen and oxygen atoms in total. The van der Waals surface area contributed by atoms with Crippen molar-refractivity contribution in [1.29, 1.82) is 0 Å². The van der Waals surface area contributed by atoms with Gasteiger partial charge in [-0.15, -0.1) is 0 Å². The Labute approximate surface area is 145 Å². The van der Waals surface area contributed by atoms with Gasteiger partial charge in [0, 0.05) is 0 Å². The lowest BCUT2D eigenvalue weighted by Gasteiger charge is -2.23. The Morgan fingerprint density at radius 3 is 1.75 bits per heavy atom. The fourth-order valence-corrected chi connectivity index (χ4v) is 3.37. The van der Waals surface area contributed by atoms with Crippen LogP contribution in [0.4, 0.5) is 8.78 Å². The van der Waals surface area contributed by atoms with Gasteiger partial charge in [-0.1, -0.05) is 37.1 Å². The molecule has 0 atom stereocenters. The maximum absolute atomic E-state index is 14.5. The van der Waals surface area contributed by atoms with Crippen molar-refractivity contribution < 1.29 is 8.78 Å². The van der Waals surface area contributed by atoms with E-state index in [1.165, 1.54) is 5.57 Å². The first-order chi connectivity index (χ1) is 11.5. The highest BCUT2D eigenvalue weighted by Gasteiger charge is 2.22. The molecule has 3 aliphatic rings. The van der Waals surface area contributed by atoms with E-state index < -0.39 is 0 Å². The van der Waals surface area contributed by atoms with Crippen molar-refractivity contribution in [2.45, 2.75) is 66.2 Å². The number of allylic oxidation sites excluding steroid dienone is 12. The Kier molecular flexibility index (Phi) is 6.53. The second-order valence-corrected chi connectivity index (χ2v) is 6.52. The molecule has 3 aliphatic carbocycles. The van der Waals surface area contributed by atoms with Gasteiger partial charge in [-0.2, -0.15) is 0 Å². The van der Waals surface area contributed by atoms with Crippen LogP contribution in [0.3, 0.4) is 0 Å². The quantitative estimate of drug-likeness (QED) is 0.489.